The van der Waals surface area contributed by atoms with E-state index in [1.807, 2.05) is 32.9 Å². The summed E-state index contributed by atoms with van der Waals surface area (Å²) in [6.45, 7) is 10.1. The number of hydrogen-bond acceptors (Lipinski definition) is 9. The molecule has 0 atom stereocenters. The Hall–Kier alpha value is -3.56. The van der Waals surface area contributed by atoms with Crippen molar-refractivity contribution in [1.29, 1.82) is 0 Å². The summed E-state index contributed by atoms with van der Waals surface area (Å²) >= 11 is 0. The zero-order chi connectivity index (χ0) is 25.6. The standard InChI is InChI=1S/C25H37N7O3/c1-6-7-10-29-22-21(26)19(30-23(27)31-22)13-28-12-17-9-8-16(11-20(17)34-5)18-14-32(15-18)24(33)35-25(2,3)4/h8-9,11,13,18H,6-7,10,12,14-15,26H2,1-5H3,(H3,27,29,30,31). The predicted molar refractivity (Wildman–Crippen MR) is 139 cm³/mol. The number of nitrogens with one attached hydrogen (secondary N) is 1. The Bertz CT molecular complexity index is 1060. The zero-order valence-electron chi connectivity index (χ0n) is 21.3. The van der Waals surface area contributed by atoms with Crippen LogP contribution in [0.1, 0.15) is 63.3 Å². The first-order chi connectivity index (χ1) is 16.6. The number of carbonyl (C=O) groups excluding carboxylic acids is 1. The van der Waals surface area contributed by atoms with E-state index in [1.54, 1.807) is 18.2 Å². The highest BCUT2D eigenvalue weighted by atomic mass is 16.6. The molecule has 5 N–H and O–H groups in total. The number of rotatable bonds is 9. The van der Waals surface area contributed by atoms with Crippen LogP contribution in [-0.2, 0) is 11.3 Å². The maximum Gasteiger partial charge on any atom is 0.410 e. The lowest BCUT2D eigenvalue weighted by Crippen LogP contribution is -2.50. The molecular weight excluding hydrogens is 446 g/mol. The number of carbonyl (C=O) groups is 1. The van der Waals surface area contributed by atoms with Gasteiger partial charge < -0.3 is 31.2 Å². The van der Waals surface area contributed by atoms with E-state index in [9.17, 15) is 4.79 Å². The summed E-state index contributed by atoms with van der Waals surface area (Å²) in [6, 6.07) is 6.06. The molecule has 10 nitrogen and oxygen atoms in total. The molecule has 190 valence electrons. The molecule has 1 aliphatic rings. The number of likely N-dealkylation sites (tertiary alicyclic amines) is 1. The van der Waals surface area contributed by atoms with Crippen LogP contribution in [0.2, 0.25) is 0 Å². The molecule has 1 aliphatic heterocycles. The average molecular weight is 484 g/mol. The molecule has 1 amide bonds. The van der Waals surface area contributed by atoms with Crippen molar-refractivity contribution in [2.75, 3.05) is 43.5 Å². The van der Waals surface area contributed by atoms with Crippen LogP contribution in [0.4, 0.5) is 22.2 Å². The average Bonchev–Trinajstić information content (AvgIpc) is 2.75. The van der Waals surface area contributed by atoms with Crippen LogP contribution in [0.3, 0.4) is 0 Å². The highest BCUT2D eigenvalue weighted by Crippen LogP contribution is 2.32. The van der Waals surface area contributed by atoms with Gasteiger partial charge in [0.1, 0.15) is 22.7 Å². The molecule has 35 heavy (non-hydrogen) atoms. The second kappa shape index (κ2) is 11.2. The largest absolute Gasteiger partial charge is 0.496 e. The molecule has 0 bridgehead atoms. The monoisotopic (exact) mass is 483 g/mol. The van der Waals surface area contributed by atoms with Gasteiger partial charge in [-0.05, 0) is 38.8 Å². The lowest BCUT2D eigenvalue weighted by molar-refractivity contribution is 0.00818. The molecule has 0 aliphatic carbocycles. The van der Waals surface area contributed by atoms with Gasteiger partial charge in [0.25, 0.3) is 0 Å². The minimum atomic E-state index is -0.497. The quantitative estimate of drug-likeness (QED) is 0.361. The molecule has 0 spiro atoms. The fraction of sp³-hybridized carbons (Fsp3) is 0.520. The number of nitrogens with two attached hydrogens (primary N) is 2. The van der Waals surface area contributed by atoms with Crippen molar-refractivity contribution in [2.45, 2.75) is 58.6 Å². The van der Waals surface area contributed by atoms with E-state index in [0.717, 1.165) is 36.3 Å². The number of ether oxygens (including phenoxy) is 2. The molecule has 1 saturated heterocycles. The molecule has 0 unspecified atom stereocenters. The Morgan fingerprint density at radius 3 is 2.69 bits per heavy atom. The number of benzene rings is 1. The van der Waals surface area contributed by atoms with Crippen molar-refractivity contribution in [3.8, 4) is 5.75 Å². The number of hydrogen-bond donors (Lipinski definition) is 3. The number of aromatic nitrogens is 2. The maximum absolute atomic E-state index is 12.2. The van der Waals surface area contributed by atoms with Gasteiger partial charge >= 0.3 is 6.09 Å². The van der Waals surface area contributed by atoms with Crippen LogP contribution in [0.5, 0.6) is 5.75 Å². The van der Waals surface area contributed by atoms with Crippen molar-refractivity contribution in [3.05, 3.63) is 35.0 Å². The molecule has 0 radical (unpaired) electrons. The Morgan fingerprint density at radius 1 is 1.29 bits per heavy atom. The lowest BCUT2D eigenvalue weighted by atomic mass is 9.91. The summed E-state index contributed by atoms with van der Waals surface area (Å²) in [5, 5.41) is 3.20. The number of aliphatic imine (C=N–C) groups is 1. The number of unbranched alkanes of at least 4 members (excludes halogenated alkanes) is 1. The van der Waals surface area contributed by atoms with Crippen LogP contribution in [-0.4, -0.2) is 59.5 Å². The van der Waals surface area contributed by atoms with Gasteiger partial charge in [-0.3, -0.25) is 4.99 Å². The van der Waals surface area contributed by atoms with E-state index in [2.05, 4.69) is 33.3 Å². The van der Waals surface area contributed by atoms with Gasteiger partial charge in [0.05, 0.1) is 13.7 Å². The van der Waals surface area contributed by atoms with E-state index in [1.165, 1.54) is 0 Å². The highest BCUT2D eigenvalue weighted by Gasteiger charge is 2.34. The maximum atomic E-state index is 12.2. The van der Waals surface area contributed by atoms with E-state index >= 15 is 0 Å². The molecule has 2 heterocycles. The van der Waals surface area contributed by atoms with E-state index in [-0.39, 0.29) is 18.0 Å². The van der Waals surface area contributed by atoms with Crippen LogP contribution in [0.15, 0.2) is 23.2 Å². The Labute approximate surface area is 207 Å². The van der Waals surface area contributed by atoms with Gasteiger partial charge in [0, 0.05) is 37.3 Å². The van der Waals surface area contributed by atoms with E-state index in [0.29, 0.717) is 36.8 Å². The van der Waals surface area contributed by atoms with Gasteiger partial charge in [0.15, 0.2) is 5.82 Å². The van der Waals surface area contributed by atoms with Gasteiger partial charge in [-0.2, -0.15) is 4.98 Å². The fourth-order valence-corrected chi connectivity index (χ4v) is 3.66. The molecule has 1 fully saturated rings. The van der Waals surface area contributed by atoms with Crippen LogP contribution in [0.25, 0.3) is 0 Å². The van der Waals surface area contributed by atoms with Crippen molar-refractivity contribution in [3.63, 3.8) is 0 Å². The normalized spacial score (nSPS) is 14.1. The molecule has 3 rings (SSSR count). The van der Waals surface area contributed by atoms with E-state index < -0.39 is 5.60 Å². The second-order valence-electron chi connectivity index (χ2n) is 9.63. The number of anilines is 3. The summed E-state index contributed by atoms with van der Waals surface area (Å²) in [7, 11) is 1.64. The van der Waals surface area contributed by atoms with Crippen LogP contribution in [0, 0.1) is 0 Å². The topological polar surface area (TPSA) is 141 Å². The summed E-state index contributed by atoms with van der Waals surface area (Å²) in [5.74, 6) is 1.65. The van der Waals surface area contributed by atoms with Gasteiger partial charge in [0.2, 0.25) is 5.95 Å². The predicted octanol–water partition coefficient (Wildman–Crippen LogP) is 3.82. The summed E-state index contributed by atoms with van der Waals surface area (Å²) in [5.41, 5.74) is 14.5. The van der Waals surface area contributed by atoms with Crippen LogP contribution >= 0.6 is 0 Å². The van der Waals surface area contributed by atoms with Gasteiger partial charge in [-0.25, -0.2) is 9.78 Å². The summed E-state index contributed by atoms with van der Waals surface area (Å²) < 4.78 is 11.0. The number of methoxy groups -OCH3 is 1. The number of nitrogen functional groups attached to an aromatic ring is 2. The minimum absolute atomic E-state index is 0.141. The molecule has 1 aromatic carbocycles. The highest BCUT2D eigenvalue weighted by molar-refractivity contribution is 5.88. The SMILES string of the molecule is CCCCNc1nc(N)nc(C=NCc2ccc(C3CN(C(=O)OC(C)(C)C)C3)cc2OC)c1N. The van der Waals surface area contributed by atoms with Crippen molar-refractivity contribution < 1.29 is 14.3 Å². The second-order valence-corrected chi connectivity index (χ2v) is 9.63. The van der Waals surface area contributed by atoms with Crippen molar-refractivity contribution >= 4 is 29.8 Å². The lowest BCUT2D eigenvalue weighted by Gasteiger charge is -2.40. The minimum Gasteiger partial charge on any atom is -0.496 e. The molecule has 10 heteroatoms. The third-order valence-electron chi connectivity index (χ3n) is 5.61. The van der Waals surface area contributed by atoms with Gasteiger partial charge in [-0.1, -0.05) is 25.5 Å². The van der Waals surface area contributed by atoms with Crippen LogP contribution < -0.4 is 21.5 Å². The first-order valence-corrected chi connectivity index (χ1v) is 11.9. The summed E-state index contributed by atoms with van der Waals surface area (Å²) in [6.07, 6.45) is 3.39. The van der Waals surface area contributed by atoms with Crippen molar-refractivity contribution in [1.82, 2.24) is 14.9 Å². The third kappa shape index (κ3) is 6.97. The smallest absolute Gasteiger partial charge is 0.410 e. The first kappa shape index (κ1) is 26.1. The third-order valence-corrected chi connectivity index (χ3v) is 5.61. The Kier molecular flexibility index (Phi) is 8.37. The summed E-state index contributed by atoms with van der Waals surface area (Å²) in [4.78, 5) is 26.8. The molecular formula is C25H37N7O3. The van der Waals surface area contributed by atoms with E-state index in [4.69, 9.17) is 20.9 Å². The van der Waals surface area contributed by atoms with Crippen molar-refractivity contribution in [2.24, 2.45) is 4.99 Å². The molecule has 2 aromatic rings. The Balaban J connectivity index is 1.63. The fourth-order valence-electron chi connectivity index (χ4n) is 3.66. The van der Waals surface area contributed by atoms with Gasteiger partial charge in [-0.15, -0.1) is 0 Å². The molecule has 1 aromatic heterocycles. The first-order valence-electron chi connectivity index (χ1n) is 11.9. The molecule has 0 saturated carbocycles. The zero-order valence-corrected chi connectivity index (χ0v) is 21.3. The number of amides is 1. The Morgan fingerprint density at radius 2 is 2.03 bits per heavy atom. The number of nitrogens with zero attached hydrogens (tertiary/aromatic N) is 4.